The molecule has 0 spiro atoms. The van der Waals surface area contributed by atoms with Crippen LogP contribution in [0.4, 0.5) is 0 Å². The molecule has 0 saturated carbocycles. The van der Waals surface area contributed by atoms with Crippen molar-refractivity contribution in [2.75, 3.05) is 47.5 Å². The zero-order valence-corrected chi connectivity index (χ0v) is 53.6. The van der Waals surface area contributed by atoms with Crippen LogP contribution < -0.4 is 5.11 Å². The molecule has 9 heteroatoms. The van der Waals surface area contributed by atoms with Crippen LogP contribution >= 0.6 is 0 Å². The van der Waals surface area contributed by atoms with E-state index in [1.807, 2.05) is 21.1 Å². The van der Waals surface area contributed by atoms with Gasteiger partial charge in [-0.25, -0.2) is 0 Å². The van der Waals surface area contributed by atoms with Gasteiger partial charge in [0.05, 0.1) is 40.3 Å². The van der Waals surface area contributed by atoms with Gasteiger partial charge in [0.2, 0.25) is 0 Å². The molecule has 0 rings (SSSR count). The molecule has 0 aliphatic carbocycles. The number of quaternary nitrogens is 1. The number of carboxylic acid groups (broad SMARTS) is 1. The van der Waals surface area contributed by atoms with Crippen molar-refractivity contribution in [3.05, 3.63) is 207 Å². The highest BCUT2D eigenvalue weighted by Gasteiger charge is 2.22. The van der Waals surface area contributed by atoms with Crippen LogP contribution in [0.1, 0.15) is 194 Å². The van der Waals surface area contributed by atoms with Gasteiger partial charge in [0.1, 0.15) is 13.2 Å². The summed E-state index contributed by atoms with van der Waals surface area (Å²) < 4.78 is 22.7. The van der Waals surface area contributed by atoms with Gasteiger partial charge in [0, 0.05) is 12.8 Å². The smallest absolute Gasteiger partial charge is 0.306 e. The number of aliphatic carboxylic acids is 1. The van der Waals surface area contributed by atoms with E-state index in [1.54, 1.807) is 0 Å². The molecule has 472 valence electrons. The molecule has 0 aromatic rings. The van der Waals surface area contributed by atoms with Crippen LogP contribution in [0.2, 0.25) is 0 Å². The first-order valence-corrected chi connectivity index (χ1v) is 32.2. The quantitative estimate of drug-likeness (QED) is 0.0195. The first-order valence-electron chi connectivity index (χ1n) is 32.2. The van der Waals surface area contributed by atoms with Crippen molar-refractivity contribution in [2.45, 2.75) is 206 Å². The molecule has 2 atom stereocenters. The molecular formula is C76H115NO8. The first kappa shape index (κ1) is 78.9. The Morgan fingerprint density at radius 1 is 0.353 bits per heavy atom. The minimum Gasteiger partial charge on any atom is -0.545 e. The van der Waals surface area contributed by atoms with Gasteiger partial charge >= 0.3 is 11.9 Å². The standard InChI is InChI=1S/C76H115NO8/c1-6-8-10-12-14-16-18-20-22-24-26-28-30-32-33-34-35-36-37-38-39-40-41-43-45-47-49-51-53-55-57-59-61-63-65-67-74(79)85-72(71-84-76(75(80)81)82-69-68-77(3,4)5)70-83-73(78)66-64-62-60-58-56-54-52-50-48-46-44-42-31-29-27-25-23-21-19-17-15-13-11-9-7-2/h8-11,14-17,20-23,26-29,32-33,35-36,38-39,41-44,47-50,53-56,72,76H,6-7,12-13,18-19,24-25,30-31,34,37,40,45-46,51-52,57-71H2,1-5H3/b10-8-,11-9-,16-14-,17-15-,22-20-,23-21-,28-26-,29-27-,33-32-,36-35-,39-38-,43-41-,44-42-,49-47-,50-48-,55-53-,56-54-. The largest absolute Gasteiger partial charge is 0.545 e. The van der Waals surface area contributed by atoms with Crippen LogP contribution in [0.15, 0.2) is 207 Å². The Kier molecular flexibility index (Phi) is 59.3. The Bertz CT molecular complexity index is 2140. The zero-order chi connectivity index (χ0) is 61.9. The number of rotatable bonds is 56. The highest BCUT2D eigenvalue weighted by molar-refractivity contribution is 5.70. The summed E-state index contributed by atoms with van der Waals surface area (Å²) in [6.45, 7) is 4.41. The number of esters is 2. The Morgan fingerprint density at radius 3 is 0.941 bits per heavy atom. The van der Waals surface area contributed by atoms with Gasteiger partial charge in [-0.2, -0.15) is 0 Å². The molecule has 0 radical (unpaired) electrons. The SMILES string of the molecule is CC/C=C\C/C=C\C/C=C\C/C=C\C/C=C\C/C=C\C/C=C\C/C=C\C/C=C\C/C=C\CCCCCCC(=O)OC(COC(=O)CCCCC/C=C\C/C=C\C/C=C\C/C=C\C/C=C\C/C=C\C/C=C\CC)COC(OCC[N+](C)(C)C)C(=O)[O-]. The summed E-state index contributed by atoms with van der Waals surface area (Å²) in [5.74, 6) is -2.39. The van der Waals surface area contributed by atoms with Gasteiger partial charge in [-0.15, -0.1) is 0 Å². The number of carbonyl (C=O) groups is 3. The van der Waals surface area contributed by atoms with Crippen molar-refractivity contribution in [2.24, 2.45) is 0 Å². The Hall–Kier alpha value is -6.13. The molecule has 2 unspecified atom stereocenters. The van der Waals surface area contributed by atoms with E-state index < -0.39 is 30.3 Å². The summed E-state index contributed by atoms with van der Waals surface area (Å²) in [4.78, 5) is 37.4. The van der Waals surface area contributed by atoms with Gasteiger partial charge in [0.15, 0.2) is 12.4 Å². The Morgan fingerprint density at radius 2 is 0.635 bits per heavy atom. The summed E-state index contributed by atoms with van der Waals surface area (Å²) in [5, 5.41) is 11.8. The molecule has 0 aromatic heterocycles. The third kappa shape index (κ3) is 65.3. The normalized spacial score (nSPS) is 14.1. The molecule has 9 nitrogen and oxygen atoms in total. The summed E-state index contributed by atoms with van der Waals surface area (Å²) >= 11 is 0. The lowest BCUT2D eigenvalue weighted by molar-refractivity contribution is -0.870. The molecule has 0 saturated heterocycles. The molecule has 0 amide bonds. The number of carboxylic acids is 1. The van der Waals surface area contributed by atoms with E-state index in [4.69, 9.17) is 18.9 Å². The number of hydrogen-bond donors (Lipinski definition) is 0. The van der Waals surface area contributed by atoms with Gasteiger partial charge in [-0.05, 0) is 148 Å². The van der Waals surface area contributed by atoms with Crippen LogP contribution in [0.3, 0.4) is 0 Å². The van der Waals surface area contributed by atoms with Crippen molar-refractivity contribution >= 4 is 17.9 Å². The highest BCUT2D eigenvalue weighted by Crippen LogP contribution is 2.12. The number of nitrogens with zero attached hydrogens (tertiary/aromatic N) is 1. The number of ether oxygens (including phenoxy) is 4. The lowest BCUT2D eigenvalue weighted by Gasteiger charge is -2.26. The number of allylic oxidation sites excluding steroid dienone is 34. The number of carbonyl (C=O) groups excluding carboxylic acids is 3. The second-order valence-electron chi connectivity index (χ2n) is 21.6. The van der Waals surface area contributed by atoms with E-state index in [1.165, 1.54) is 0 Å². The van der Waals surface area contributed by atoms with Gasteiger partial charge in [-0.3, -0.25) is 9.59 Å². The van der Waals surface area contributed by atoms with Crippen LogP contribution in [0.25, 0.3) is 0 Å². The average molecular weight is 1170 g/mol. The van der Waals surface area contributed by atoms with E-state index in [0.29, 0.717) is 23.9 Å². The maximum atomic E-state index is 12.9. The maximum Gasteiger partial charge on any atom is 0.306 e. The Labute approximate surface area is 518 Å². The van der Waals surface area contributed by atoms with Crippen molar-refractivity contribution in [1.82, 2.24) is 0 Å². The monoisotopic (exact) mass is 1170 g/mol. The van der Waals surface area contributed by atoms with Crippen molar-refractivity contribution < 1.29 is 42.9 Å². The number of hydrogen-bond acceptors (Lipinski definition) is 8. The third-order valence-corrected chi connectivity index (χ3v) is 12.5. The summed E-state index contributed by atoms with van der Waals surface area (Å²) in [6.07, 6.45) is 97.4. The fourth-order valence-electron chi connectivity index (χ4n) is 7.66. The molecule has 85 heavy (non-hydrogen) atoms. The fourth-order valence-corrected chi connectivity index (χ4v) is 7.66. The molecule has 0 aromatic carbocycles. The number of unbranched alkanes of at least 4 members (excludes halogenated alkanes) is 7. The predicted molar refractivity (Wildman–Crippen MR) is 360 cm³/mol. The average Bonchev–Trinajstić information content (AvgIpc) is 3.48. The minimum absolute atomic E-state index is 0.123. The lowest BCUT2D eigenvalue weighted by Crippen LogP contribution is -2.44. The third-order valence-electron chi connectivity index (χ3n) is 12.5. The summed E-state index contributed by atoms with van der Waals surface area (Å²) in [7, 11) is 5.88. The molecule has 0 aliphatic heterocycles. The lowest BCUT2D eigenvalue weighted by atomic mass is 10.1. The topological polar surface area (TPSA) is 111 Å². The van der Waals surface area contributed by atoms with Crippen molar-refractivity contribution in [3.8, 4) is 0 Å². The highest BCUT2D eigenvalue weighted by atomic mass is 16.7. The van der Waals surface area contributed by atoms with Crippen molar-refractivity contribution in [3.63, 3.8) is 0 Å². The van der Waals surface area contributed by atoms with E-state index >= 15 is 0 Å². The number of likely N-dealkylation sites (N-methyl/N-ethyl adjacent to an activating group) is 1. The first-order chi connectivity index (χ1) is 41.6. The zero-order valence-electron chi connectivity index (χ0n) is 53.6. The molecule has 0 aliphatic rings. The summed E-state index contributed by atoms with van der Waals surface area (Å²) in [5.41, 5.74) is 0. The molecule has 0 N–H and O–H groups in total. The molecular weight excluding hydrogens is 1050 g/mol. The van der Waals surface area contributed by atoms with Crippen LogP contribution in [-0.4, -0.2) is 82.3 Å². The second kappa shape index (κ2) is 63.9. The van der Waals surface area contributed by atoms with E-state index in [2.05, 4.69) is 220 Å². The van der Waals surface area contributed by atoms with E-state index in [-0.39, 0.29) is 32.7 Å². The van der Waals surface area contributed by atoms with E-state index in [9.17, 15) is 19.5 Å². The van der Waals surface area contributed by atoms with Crippen molar-refractivity contribution in [1.29, 1.82) is 0 Å². The molecule has 0 fully saturated rings. The molecule has 0 heterocycles. The van der Waals surface area contributed by atoms with Gasteiger partial charge in [0.25, 0.3) is 0 Å². The minimum atomic E-state index is -1.65. The van der Waals surface area contributed by atoms with E-state index in [0.717, 1.165) is 154 Å². The van der Waals surface area contributed by atoms with Crippen LogP contribution in [-0.2, 0) is 33.3 Å². The van der Waals surface area contributed by atoms with Crippen LogP contribution in [0.5, 0.6) is 0 Å². The maximum absolute atomic E-state index is 12.9. The second-order valence-corrected chi connectivity index (χ2v) is 21.6. The van der Waals surface area contributed by atoms with Gasteiger partial charge in [-0.1, -0.05) is 240 Å². The summed E-state index contributed by atoms with van der Waals surface area (Å²) in [6, 6.07) is 0. The molecule has 0 bridgehead atoms. The van der Waals surface area contributed by atoms with Gasteiger partial charge < -0.3 is 33.3 Å². The Balaban J connectivity index is 4.38. The fraction of sp³-hybridized carbons (Fsp3) is 0.513. The predicted octanol–water partition coefficient (Wildman–Crippen LogP) is 18.7. The van der Waals surface area contributed by atoms with Crippen LogP contribution in [0, 0.1) is 0 Å².